The number of amides is 1. The number of hydrogen-bond acceptors (Lipinski definition) is 2. The molecule has 4 rings (SSSR count). The van der Waals surface area contributed by atoms with Crippen molar-refractivity contribution in [3.8, 4) is 0 Å². The van der Waals surface area contributed by atoms with Crippen molar-refractivity contribution in [1.29, 1.82) is 0 Å². The molecule has 3 nitrogen and oxygen atoms in total. The number of nitrogens with zero attached hydrogens (tertiary/aromatic N) is 2. The predicted octanol–water partition coefficient (Wildman–Crippen LogP) is 5.56. The third-order valence-corrected chi connectivity index (χ3v) is 6.27. The van der Waals surface area contributed by atoms with E-state index in [1.54, 1.807) is 23.7 Å². The lowest BCUT2D eigenvalue weighted by molar-refractivity contribution is -0.114. The molecule has 28 heavy (non-hydrogen) atoms. The van der Waals surface area contributed by atoms with Gasteiger partial charge in [0.2, 0.25) is 6.41 Å². The summed E-state index contributed by atoms with van der Waals surface area (Å²) < 4.78 is 2.46. The highest BCUT2D eigenvalue weighted by molar-refractivity contribution is 7.98. The molecule has 144 valence electrons. The van der Waals surface area contributed by atoms with Crippen molar-refractivity contribution in [2.75, 3.05) is 13.3 Å². The van der Waals surface area contributed by atoms with Gasteiger partial charge in [-0.1, -0.05) is 30.3 Å². The van der Waals surface area contributed by atoms with Crippen LogP contribution in [-0.4, -0.2) is 29.2 Å². The topological polar surface area (TPSA) is 25.2 Å². The van der Waals surface area contributed by atoms with Gasteiger partial charge in [-0.05, 0) is 61.3 Å². The van der Waals surface area contributed by atoms with Crippen LogP contribution in [0.15, 0.2) is 59.6 Å². The zero-order chi connectivity index (χ0) is 19.7. The molecule has 0 aliphatic heterocycles. The summed E-state index contributed by atoms with van der Waals surface area (Å²) in [6, 6.07) is 17.3. The molecule has 1 amide bonds. The Hall–Kier alpha value is -2.46. The lowest BCUT2D eigenvalue weighted by atomic mass is 9.98. The molecule has 1 aliphatic carbocycles. The molecule has 0 unspecified atom stereocenters. The first-order valence-corrected chi connectivity index (χ1v) is 11.0. The number of carbonyl (C=O) groups is 1. The molecule has 0 bridgehead atoms. The summed E-state index contributed by atoms with van der Waals surface area (Å²) in [4.78, 5) is 14.3. The van der Waals surface area contributed by atoms with Crippen LogP contribution in [0, 0.1) is 12.8 Å². The summed E-state index contributed by atoms with van der Waals surface area (Å²) in [5.41, 5.74) is 5.94. The van der Waals surface area contributed by atoms with Gasteiger partial charge in [0.05, 0.1) is 5.69 Å². The largest absolute Gasteiger partial charge is 0.340 e. The van der Waals surface area contributed by atoms with Gasteiger partial charge in [-0.3, -0.25) is 4.79 Å². The Balaban J connectivity index is 1.98. The number of thioether (sulfide) groups is 1. The quantitative estimate of drug-likeness (QED) is 0.390. The molecule has 1 aromatic heterocycles. The van der Waals surface area contributed by atoms with Gasteiger partial charge >= 0.3 is 0 Å². The maximum atomic E-state index is 11.4. The van der Waals surface area contributed by atoms with Crippen molar-refractivity contribution in [3.63, 3.8) is 0 Å². The first kappa shape index (κ1) is 18.9. The summed E-state index contributed by atoms with van der Waals surface area (Å²) in [6.45, 7) is 3.16. The van der Waals surface area contributed by atoms with Crippen LogP contribution in [0.3, 0.4) is 0 Å². The Bertz CT molecular complexity index is 1050. The molecule has 1 aliphatic rings. The van der Waals surface area contributed by atoms with E-state index in [0.717, 1.165) is 24.4 Å². The van der Waals surface area contributed by atoms with Crippen molar-refractivity contribution in [1.82, 2.24) is 9.47 Å². The minimum absolute atomic E-state index is 0.759. The van der Waals surface area contributed by atoms with Crippen LogP contribution >= 0.6 is 11.8 Å². The van der Waals surface area contributed by atoms with Gasteiger partial charge in [0.1, 0.15) is 0 Å². The standard InChI is InChI=1S/C24H26N2OS/c1-17-7-4-5-8-19(17)21(15-25(2)16-27)23-13-20-22(9-6-10-24(20)28-3)26(23)14-18-11-12-18/h4-10,13,15-16,18H,11-12,14H2,1-3H3/b21-15+. The van der Waals surface area contributed by atoms with E-state index in [0.29, 0.717) is 0 Å². The molecule has 1 heterocycles. The molecule has 3 aromatic rings. The number of carbonyl (C=O) groups excluding carboxylic acids is 1. The van der Waals surface area contributed by atoms with Crippen molar-refractivity contribution < 1.29 is 4.79 Å². The number of hydrogen-bond donors (Lipinski definition) is 0. The molecule has 0 atom stereocenters. The van der Waals surface area contributed by atoms with Gasteiger partial charge in [0.25, 0.3) is 0 Å². The fourth-order valence-corrected chi connectivity index (χ4v) is 4.39. The Kier molecular flexibility index (Phi) is 5.31. The third kappa shape index (κ3) is 3.61. The van der Waals surface area contributed by atoms with Crippen LogP contribution < -0.4 is 0 Å². The second-order valence-corrected chi connectivity index (χ2v) is 8.45. The third-order valence-electron chi connectivity index (χ3n) is 5.47. The predicted molar refractivity (Wildman–Crippen MR) is 119 cm³/mol. The number of rotatable bonds is 7. The van der Waals surface area contributed by atoms with E-state index in [-0.39, 0.29) is 0 Å². The van der Waals surface area contributed by atoms with E-state index in [1.807, 2.05) is 6.20 Å². The smallest absolute Gasteiger partial charge is 0.213 e. The van der Waals surface area contributed by atoms with E-state index < -0.39 is 0 Å². The van der Waals surface area contributed by atoms with Gasteiger partial charge in [-0.25, -0.2) is 0 Å². The molecule has 0 N–H and O–H groups in total. The summed E-state index contributed by atoms with van der Waals surface area (Å²) in [6.07, 6.45) is 7.56. The van der Waals surface area contributed by atoms with Crippen LogP contribution in [-0.2, 0) is 11.3 Å². The molecule has 0 radical (unpaired) electrons. The molecule has 0 spiro atoms. The molecule has 2 aromatic carbocycles. The fourth-order valence-electron chi connectivity index (χ4n) is 3.80. The van der Waals surface area contributed by atoms with Crippen LogP contribution in [0.4, 0.5) is 0 Å². The van der Waals surface area contributed by atoms with E-state index in [4.69, 9.17) is 0 Å². The zero-order valence-corrected chi connectivity index (χ0v) is 17.5. The van der Waals surface area contributed by atoms with Gasteiger partial charge in [-0.15, -0.1) is 11.8 Å². The lowest BCUT2D eigenvalue weighted by Crippen LogP contribution is -2.11. The second-order valence-electron chi connectivity index (χ2n) is 7.61. The Morgan fingerprint density at radius 2 is 2.00 bits per heavy atom. The first-order chi connectivity index (χ1) is 13.6. The van der Waals surface area contributed by atoms with Gasteiger partial charge in [0.15, 0.2) is 0 Å². The van der Waals surface area contributed by atoms with Gasteiger partial charge < -0.3 is 9.47 Å². The maximum absolute atomic E-state index is 11.4. The average Bonchev–Trinajstić information content (AvgIpc) is 3.46. The van der Waals surface area contributed by atoms with Gasteiger partial charge in [0, 0.05) is 41.2 Å². The summed E-state index contributed by atoms with van der Waals surface area (Å²) in [5.74, 6) is 0.759. The van der Waals surface area contributed by atoms with Crippen molar-refractivity contribution in [2.45, 2.75) is 31.2 Å². The number of fused-ring (bicyclic) bond motifs is 1. The minimum atomic E-state index is 0.759. The van der Waals surface area contributed by atoms with E-state index >= 15 is 0 Å². The molecule has 4 heteroatoms. The van der Waals surface area contributed by atoms with E-state index in [1.165, 1.54) is 45.5 Å². The average molecular weight is 391 g/mol. The van der Waals surface area contributed by atoms with Crippen LogP contribution in [0.2, 0.25) is 0 Å². The van der Waals surface area contributed by atoms with Crippen molar-refractivity contribution >= 4 is 34.6 Å². The Morgan fingerprint density at radius 3 is 2.68 bits per heavy atom. The highest BCUT2D eigenvalue weighted by Crippen LogP contribution is 2.38. The number of benzene rings is 2. The number of aryl methyl sites for hydroxylation is 1. The minimum Gasteiger partial charge on any atom is -0.340 e. The highest BCUT2D eigenvalue weighted by Gasteiger charge is 2.25. The van der Waals surface area contributed by atoms with Crippen LogP contribution in [0.25, 0.3) is 16.5 Å². The van der Waals surface area contributed by atoms with Crippen molar-refractivity contribution in [3.05, 3.63) is 71.6 Å². The van der Waals surface area contributed by atoms with Crippen LogP contribution in [0.5, 0.6) is 0 Å². The normalized spacial score (nSPS) is 14.5. The Labute approximate surface area is 171 Å². The number of aromatic nitrogens is 1. The van der Waals surface area contributed by atoms with E-state index in [2.05, 4.69) is 66.3 Å². The molecular formula is C24H26N2OS. The first-order valence-electron chi connectivity index (χ1n) is 9.74. The molecule has 1 saturated carbocycles. The van der Waals surface area contributed by atoms with Crippen LogP contribution in [0.1, 0.15) is 29.7 Å². The lowest BCUT2D eigenvalue weighted by Gasteiger charge is -2.17. The Morgan fingerprint density at radius 1 is 1.21 bits per heavy atom. The summed E-state index contributed by atoms with van der Waals surface area (Å²) in [5, 5.41) is 1.29. The zero-order valence-electron chi connectivity index (χ0n) is 16.7. The fraction of sp³-hybridized carbons (Fsp3) is 0.292. The monoisotopic (exact) mass is 390 g/mol. The van der Waals surface area contributed by atoms with Crippen molar-refractivity contribution in [2.24, 2.45) is 5.92 Å². The van der Waals surface area contributed by atoms with E-state index in [9.17, 15) is 4.79 Å². The maximum Gasteiger partial charge on any atom is 0.213 e. The highest BCUT2D eigenvalue weighted by atomic mass is 32.2. The summed E-state index contributed by atoms with van der Waals surface area (Å²) in [7, 11) is 1.80. The summed E-state index contributed by atoms with van der Waals surface area (Å²) >= 11 is 1.78. The molecule has 1 fully saturated rings. The SMILES string of the molecule is CSc1cccc2c1cc(/C(=C/N(C)C=O)c1ccccc1C)n2CC1CC1. The van der Waals surface area contributed by atoms with Gasteiger partial charge in [-0.2, -0.15) is 0 Å². The molecule has 0 saturated heterocycles. The second kappa shape index (κ2) is 7.88. The molecular weight excluding hydrogens is 364 g/mol.